The van der Waals surface area contributed by atoms with Crippen LogP contribution in [0.15, 0.2) is 12.1 Å². The van der Waals surface area contributed by atoms with Crippen LogP contribution >= 0.6 is 0 Å². The molecule has 20 heavy (non-hydrogen) atoms. The first-order valence-electron chi connectivity index (χ1n) is 5.59. The molecular formula is C10H15F3N4O2S. The first-order valence-corrected chi connectivity index (χ1v) is 7.65. The van der Waals surface area contributed by atoms with Crippen LogP contribution in [0.4, 0.5) is 24.8 Å². The lowest BCUT2D eigenvalue weighted by Crippen LogP contribution is -2.15. The molecule has 1 rings (SSSR count). The van der Waals surface area contributed by atoms with E-state index in [0.29, 0.717) is 0 Å². The lowest BCUT2D eigenvalue weighted by molar-refractivity contribution is -0.137. The third kappa shape index (κ3) is 5.61. The maximum Gasteiger partial charge on any atom is 0.416 e. The summed E-state index contributed by atoms with van der Waals surface area (Å²) in [6, 6.07) is 1.61. The van der Waals surface area contributed by atoms with E-state index in [1.54, 1.807) is 0 Å². The molecule has 0 atom stereocenters. The van der Waals surface area contributed by atoms with Crippen LogP contribution in [0.3, 0.4) is 0 Å². The van der Waals surface area contributed by atoms with Crippen LogP contribution in [0.1, 0.15) is 12.0 Å². The number of nitrogens with one attached hydrogen (secondary N) is 2. The number of hydrazine groups is 1. The summed E-state index contributed by atoms with van der Waals surface area (Å²) in [7, 11) is -3.10. The first kappa shape index (κ1) is 16.5. The number of anilines is 2. The van der Waals surface area contributed by atoms with Crippen LogP contribution in [0.2, 0.25) is 0 Å². The highest BCUT2D eigenvalue weighted by molar-refractivity contribution is 7.90. The summed E-state index contributed by atoms with van der Waals surface area (Å²) in [5, 5.41) is 2.63. The highest BCUT2D eigenvalue weighted by Gasteiger charge is 2.31. The second-order valence-corrected chi connectivity index (χ2v) is 6.44. The van der Waals surface area contributed by atoms with Gasteiger partial charge in [0, 0.05) is 12.8 Å². The zero-order valence-electron chi connectivity index (χ0n) is 10.7. The molecule has 0 fully saturated rings. The third-order valence-corrected chi connectivity index (χ3v) is 3.33. The Morgan fingerprint density at radius 1 is 1.30 bits per heavy atom. The summed E-state index contributed by atoms with van der Waals surface area (Å²) in [4.78, 5) is 3.80. The van der Waals surface area contributed by atoms with Crippen molar-refractivity contribution < 1.29 is 21.6 Å². The maximum atomic E-state index is 12.6. The molecule has 0 saturated carbocycles. The van der Waals surface area contributed by atoms with E-state index in [4.69, 9.17) is 5.84 Å². The standard InChI is InChI=1S/C10H15F3N4O2S/c1-20(18,19)4-2-3-15-8-5-7(10(11,12)13)6-9(16-8)17-14/h5-6H,2-4,14H2,1H3,(H2,15,16,17). The second kappa shape index (κ2) is 6.27. The summed E-state index contributed by atoms with van der Waals surface area (Å²) in [5.74, 6) is 4.84. The Bertz CT molecular complexity index is 560. The van der Waals surface area contributed by atoms with Gasteiger partial charge < -0.3 is 10.7 Å². The normalized spacial score (nSPS) is 12.2. The van der Waals surface area contributed by atoms with Crippen LogP contribution in [0.25, 0.3) is 0 Å². The summed E-state index contributed by atoms with van der Waals surface area (Å²) >= 11 is 0. The number of nitrogens with zero attached hydrogens (tertiary/aromatic N) is 1. The van der Waals surface area contributed by atoms with Gasteiger partial charge in [0.25, 0.3) is 0 Å². The second-order valence-electron chi connectivity index (χ2n) is 4.18. The molecular weight excluding hydrogens is 297 g/mol. The average Bonchev–Trinajstić information content (AvgIpc) is 2.32. The lowest BCUT2D eigenvalue weighted by atomic mass is 10.2. The van der Waals surface area contributed by atoms with Gasteiger partial charge in [-0.3, -0.25) is 0 Å². The van der Waals surface area contributed by atoms with E-state index in [2.05, 4.69) is 10.3 Å². The molecule has 1 aromatic heterocycles. The number of hydrogen-bond donors (Lipinski definition) is 3. The molecule has 0 unspecified atom stereocenters. The van der Waals surface area contributed by atoms with Crippen molar-refractivity contribution in [3.8, 4) is 0 Å². The van der Waals surface area contributed by atoms with E-state index in [-0.39, 0.29) is 30.4 Å². The van der Waals surface area contributed by atoms with Crippen LogP contribution < -0.4 is 16.6 Å². The van der Waals surface area contributed by atoms with Gasteiger partial charge in [-0.1, -0.05) is 0 Å². The molecule has 114 valence electrons. The van der Waals surface area contributed by atoms with Crippen molar-refractivity contribution >= 4 is 21.5 Å². The number of alkyl halides is 3. The SMILES string of the molecule is CS(=O)(=O)CCCNc1cc(C(F)(F)F)cc(NN)n1. The monoisotopic (exact) mass is 312 g/mol. The predicted octanol–water partition coefficient (Wildman–Crippen LogP) is 1.23. The molecule has 0 aliphatic heterocycles. The van der Waals surface area contributed by atoms with Crippen LogP contribution in [0, 0.1) is 0 Å². The van der Waals surface area contributed by atoms with Gasteiger partial charge in [0.2, 0.25) is 0 Å². The lowest BCUT2D eigenvalue weighted by Gasteiger charge is -2.12. The molecule has 0 amide bonds. The number of sulfone groups is 1. The number of hydrogen-bond acceptors (Lipinski definition) is 6. The number of rotatable bonds is 6. The quantitative estimate of drug-likeness (QED) is 0.415. The molecule has 0 aromatic carbocycles. The summed E-state index contributed by atoms with van der Waals surface area (Å²) in [5.41, 5.74) is 1.15. The fraction of sp³-hybridized carbons (Fsp3) is 0.500. The van der Waals surface area contributed by atoms with Gasteiger partial charge in [0.15, 0.2) is 0 Å². The molecule has 6 nitrogen and oxygen atoms in total. The van der Waals surface area contributed by atoms with Crippen molar-refractivity contribution in [3.63, 3.8) is 0 Å². The molecule has 4 N–H and O–H groups in total. The van der Waals surface area contributed by atoms with Crippen molar-refractivity contribution in [2.75, 3.05) is 29.3 Å². The highest BCUT2D eigenvalue weighted by Crippen LogP contribution is 2.31. The van der Waals surface area contributed by atoms with Gasteiger partial charge in [-0.2, -0.15) is 13.2 Å². The van der Waals surface area contributed by atoms with Crippen LogP contribution in [-0.4, -0.2) is 32.0 Å². The van der Waals surface area contributed by atoms with Gasteiger partial charge in [-0.15, -0.1) is 0 Å². The number of aromatic nitrogens is 1. The molecule has 10 heteroatoms. The smallest absolute Gasteiger partial charge is 0.370 e. The highest BCUT2D eigenvalue weighted by atomic mass is 32.2. The Labute approximate surface area is 114 Å². The van der Waals surface area contributed by atoms with Crippen LogP contribution in [-0.2, 0) is 16.0 Å². The molecule has 0 saturated heterocycles. The summed E-state index contributed by atoms with van der Waals surface area (Å²) in [6.45, 7) is 0.186. The van der Waals surface area contributed by atoms with Gasteiger partial charge in [-0.25, -0.2) is 19.2 Å². The van der Waals surface area contributed by atoms with E-state index in [1.165, 1.54) is 0 Å². The van der Waals surface area contributed by atoms with Gasteiger partial charge in [-0.05, 0) is 18.6 Å². The minimum Gasteiger partial charge on any atom is -0.370 e. The average molecular weight is 312 g/mol. The predicted molar refractivity (Wildman–Crippen MR) is 69.9 cm³/mol. The van der Waals surface area contributed by atoms with Crippen molar-refractivity contribution in [2.24, 2.45) is 5.84 Å². The van der Waals surface area contributed by atoms with Crippen LogP contribution in [0.5, 0.6) is 0 Å². The number of nitrogen functional groups attached to an aromatic ring is 1. The maximum absolute atomic E-state index is 12.6. The minimum atomic E-state index is -4.52. The Kier molecular flexibility index (Phi) is 5.17. The number of pyridine rings is 1. The van der Waals surface area contributed by atoms with Gasteiger partial charge >= 0.3 is 6.18 Å². The fourth-order valence-corrected chi connectivity index (χ4v) is 2.08. The van der Waals surface area contributed by atoms with Crippen molar-refractivity contribution in [3.05, 3.63) is 17.7 Å². The molecule has 0 radical (unpaired) electrons. The van der Waals surface area contributed by atoms with E-state index in [1.807, 2.05) is 5.43 Å². The minimum absolute atomic E-state index is 0.0266. The Morgan fingerprint density at radius 3 is 2.40 bits per heavy atom. The summed E-state index contributed by atoms with van der Waals surface area (Å²) in [6.07, 6.45) is -3.16. The topological polar surface area (TPSA) is 97.1 Å². The van der Waals surface area contributed by atoms with Gasteiger partial charge in [0.1, 0.15) is 21.5 Å². The molecule has 1 aromatic rings. The van der Waals surface area contributed by atoms with Crippen molar-refractivity contribution in [1.82, 2.24) is 4.98 Å². The van der Waals surface area contributed by atoms with E-state index in [0.717, 1.165) is 18.4 Å². The largest absolute Gasteiger partial charge is 0.416 e. The Balaban J connectivity index is 2.75. The van der Waals surface area contributed by atoms with E-state index < -0.39 is 21.6 Å². The molecule has 0 spiro atoms. The molecule has 0 aliphatic rings. The number of nitrogens with two attached hydrogens (primary N) is 1. The fourth-order valence-electron chi connectivity index (χ4n) is 1.41. The summed E-state index contributed by atoms with van der Waals surface area (Å²) < 4.78 is 59.7. The number of halogens is 3. The molecule has 1 heterocycles. The van der Waals surface area contributed by atoms with Crippen molar-refractivity contribution in [2.45, 2.75) is 12.6 Å². The zero-order chi connectivity index (χ0) is 15.4. The van der Waals surface area contributed by atoms with E-state index in [9.17, 15) is 21.6 Å². The first-order chi connectivity index (χ1) is 9.12. The van der Waals surface area contributed by atoms with Crippen molar-refractivity contribution in [1.29, 1.82) is 0 Å². The Morgan fingerprint density at radius 2 is 1.90 bits per heavy atom. The third-order valence-electron chi connectivity index (χ3n) is 2.30. The molecule has 0 aliphatic carbocycles. The Hall–Kier alpha value is -1.55. The van der Waals surface area contributed by atoms with E-state index >= 15 is 0 Å². The van der Waals surface area contributed by atoms with Gasteiger partial charge in [0.05, 0.1) is 11.3 Å². The molecule has 0 bridgehead atoms. The zero-order valence-corrected chi connectivity index (χ0v) is 11.5.